The molecule has 4 aromatic rings. The zero-order chi connectivity index (χ0) is 18.2. The van der Waals surface area contributed by atoms with Gasteiger partial charge in [0.15, 0.2) is 0 Å². The Morgan fingerprint density at radius 2 is 1.68 bits per heavy atom. The van der Waals surface area contributed by atoms with Crippen molar-refractivity contribution in [3.05, 3.63) is 101 Å². The molecule has 2 aliphatic heterocycles. The van der Waals surface area contributed by atoms with Gasteiger partial charge in [-0.15, -0.1) is 0 Å². The minimum atomic E-state index is 0.853. The molecule has 0 atom stereocenters. The summed E-state index contributed by atoms with van der Waals surface area (Å²) in [5.74, 6) is 0. The fourth-order valence-corrected chi connectivity index (χ4v) is 5.28. The molecule has 4 heterocycles. The number of hydrogen-bond donors (Lipinski definition) is 0. The van der Waals surface area contributed by atoms with Crippen LogP contribution in [0.4, 0.5) is 17.1 Å². The number of nitrogens with zero attached hydrogens (tertiary/aromatic N) is 3. The maximum Gasteiger partial charge on any atom is 0.0716 e. The second-order valence-electron chi connectivity index (χ2n) is 7.89. The number of hydrogen-bond acceptors (Lipinski definition) is 3. The first-order valence-electron chi connectivity index (χ1n) is 9.81. The number of fused-ring (bicyclic) bond motifs is 8. The van der Waals surface area contributed by atoms with Gasteiger partial charge in [0.05, 0.1) is 22.8 Å². The summed E-state index contributed by atoms with van der Waals surface area (Å²) in [7, 11) is 0. The van der Waals surface area contributed by atoms with Gasteiger partial charge in [-0.3, -0.25) is 9.97 Å². The van der Waals surface area contributed by atoms with Crippen molar-refractivity contribution in [3.63, 3.8) is 0 Å². The summed E-state index contributed by atoms with van der Waals surface area (Å²) < 4.78 is 0. The van der Waals surface area contributed by atoms with Gasteiger partial charge in [-0.05, 0) is 58.0 Å². The zero-order valence-corrected chi connectivity index (χ0v) is 15.3. The summed E-state index contributed by atoms with van der Waals surface area (Å²) in [6.45, 7) is 0. The van der Waals surface area contributed by atoms with Gasteiger partial charge in [-0.25, -0.2) is 0 Å². The lowest BCUT2D eigenvalue weighted by molar-refractivity contribution is 0.952. The van der Waals surface area contributed by atoms with Crippen LogP contribution in [-0.4, -0.2) is 9.97 Å². The fraction of sp³-hybridized carbons (Fsp3) is 0.120. The van der Waals surface area contributed by atoms with Gasteiger partial charge >= 0.3 is 0 Å². The minimum Gasteiger partial charge on any atom is -0.308 e. The highest BCUT2D eigenvalue weighted by atomic mass is 15.2. The standard InChI is InChI=1S/C25H17N3/c1-2-4-19-15(3-1)11-16-5-6-23-20(24(16)19)12-17-7-10-27-21-13-18-14-26-9-8-22(18)28(23)25(17)21/h1-10,14H,11-13H2. The molecule has 0 spiro atoms. The average molecular weight is 359 g/mol. The highest BCUT2D eigenvalue weighted by molar-refractivity contribution is 5.93. The average Bonchev–Trinajstić information content (AvgIpc) is 3.12. The van der Waals surface area contributed by atoms with Crippen molar-refractivity contribution in [2.75, 3.05) is 4.90 Å². The fourth-order valence-electron chi connectivity index (χ4n) is 5.28. The van der Waals surface area contributed by atoms with E-state index in [0.29, 0.717) is 0 Å². The molecule has 2 aromatic heterocycles. The van der Waals surface area contributed by atoms with E-state index in [9.17, 15) is 0 Å². The second-order valence-corrected chi connectivity index (χ2v) is 7.89. The lowest BCUT2D eigenvalue weighted by atomic mass is 9.86. The molecule has 2 aromatic carbocycles. The number of rotatable bonds is 0. The van der Waals surface area contributed by atoms with E-state index in [1.807, 2.05) is 18.6 Å². The SMILES string of the molecule is c1ccc2c(c1)Cc1ccc3c(c1-2)Cc1ccnc2c1N3c1ccncc1C2. The predicted molar refractivity (Wildman–Crippen MR) is 111 cm³/mol. The first-order valence-corrected chi connectivity index (χ1v) is 9.81. The van der Waals surface area contributed by atoms with Gasteiger partial charge in [-0.1, -0.05) is 30.3 Å². The van der Waals surface area contributed by atoms with Gasteiger partial charge in [0, 0.05) is 37.0 Å². The van der Waals surface area contributed by atoms with Crippen LogP contribution in [0.3, 0.4) is 0 Å². The Hall–Kier alpha value is -3.46. The third-order valence-corrected chi connectivity index (χ3v) is 6.43. The Morgan fingerprint density at radius 1 is 0.714 bits per heavy atom. The van der Waals surface area contributed by atoms with E-state index in [1.54, 1.807) is 0 Å². The lowest BCUT2D eigenvalue weighted by Crippen LogP contribution is -2.25. The molecule has 0 N–H and O–H groups in total. The minimum absolute atomic E-state index is 0.853. The second kappa shape index (κ2) is 5.08. The van der Waals surface area contributed by atoms with Crippen molar-refractivity contribution in [2.24, 2.45) is 0 Å². The lowest BCUT2D eigenvalue weighted by Gasteiger charge is -2.39. The molecule has 0 bridgehead atoms. The Labute approximate surface area is 163 Å². The van der Waals surface area contributed by atoms with E-state index in [0.717, 1.165) is 25.0 Å². The first kappa shape index (κ1) is 14.6. The van der Waals surface area contributed by atoms with Crippen LogP contribution in [0.5, 0.6) is 0 Å². The van der Waals surface area contributed by atoms with E-state index in [2.05, 4.69) is 58.4 Å². The van der Waals surface area contributed by atoms with Crippen molar-refractivity contribution in [2.45, 2.75) is 19.3 Å². The van der Waals surface area contributed by atoms with E-state index in [-0.39, 0.29) is 0 Å². The van der Waals surface area contributed by atoms with Crippen LogP contribution in [-0.2, 0) is 19.3 Å². The van der Waals surface area contributed by atoms with Crippen LogP contribution in [0.1, 0.15) is 33.5 Å². The molecule has 0 fully saturated rings. The molecule has 0 radical (unpaired) electrons. The summed E-state index contributed by atoms with van der Waals surface area (Å²) >= 11 is 0. The first-order chi connectivity index (χ1) is 13.9. The Kier molecular flexibility index (Phi) is 2.64. The number of aromatic nitrogens is 2. The van der Waals surface area contributed by atoms with Gasteiger partial charge in [0.1, 0.15) is 0 Å². The zero-order valence-electron chi connectivity index (χ0n) is 15.3. The van der Waals surface area contributed by atoms with Gasteiger partial charge < -0.3 is 4.90 Å². The van der Waals surface area contributed by atoms with Crippen molar-refractivity contribution >= 4 is 17.1 Å². The summed E-state index contributed by atoms with van der Waals surface area (Å²) in [6, 6.07) is 17.8. The number of pyridine rings is 2. The molecule has 132 valence electrons. The van der Waals surface area contributed by atoms with Crippen LogP contribution < -0.4 is 4.90 Å². The maximum absolute atomic E-state index is 4.72. The molecule has 3 aliphatic rings. The number of anilines is 3. The summed E-state index contributed by atoms with van der Waals surface area (Å²) in [4.78, 5) is 11.5. The van der Waals surface area contributed by atoms with Gasteiger partial charge in [0.25, 0.3) is 0 Å². The predicted octanol–water partition coefficient (Wildman–Crippen LogP) is 5.33. The third-order valence-electron chi connectivity index (χ3n) is 6.43. The molecule has 7 rings (SSSR count). The monoisotopic (exact) mass is 359 g/mol. The van der Waals surface area contributed by atoms with Crippen LogP contribution in [0, 0.1) is 0 Å². The Bertz CT molecular complexity index is 1310. The van der Waals surface area contributed by atoms with Crippen LogP contribution >= 0.6 is 0 Å². The van der Waals surface area contributed by atoms with Crippen LogP contribution in [0.15, 0.2) is 67.1 Å². The van der Waals surface area contributed by atoms with E-state index in [4.69, 9.17) is 4.98 Å². The molecule has 3 heteroatoms. The van der Waals surface area contributed by atoms with Crippen molar-refractivity contribution in [3.8, 4) is 11.1 Å². The van der Waals surface area contributed by atoms with Gasteiger partial charge in [-0.2, -0.15) is 0 Å². The number of benzene rings is 2. The smallest absolute Gasteiger partial charge is 0.0716 e. The van der Waals surface area contributed by atoms with Crippen molar-refractivity contribution in [1.29, 1.82) is 0 Å². The molecular weight excluding hydrogens is 342 g/mol. The Balaban J connectivity index is 1.56. The molecule has 0 saturated heterocycles. The summed E-state index contributed by atoms with van der Waals surface area (Å²) in [5, 5.41) is 0. The maximum atomic E-state index is 4.72. The highest BCUT2D eigenvalue weighted by Crippen LogP contribution is 2.53. The van der Waals surface area contributed by atoms with Crippen molar-refractivity contribution in [1.82, 2.24) is 9.97 Å². The molecule has 0 unspecified atom stereocenters. The van der Waals surface area contributed by atoms with E-state index >= 15 is 0 Å². The summed E-state index contributed by atoms with van der Waals surface area (Å²) in [5.41, 5.74) is 14.8. The molecular formula is C25H17N3. The normalized spacial score (nSPS) is 14.6. The van der Waals surface area contributed by atoms with E-state index in [1.165, 1.54) is 56.0 Å². The van der Waals surface area contributed by atoms with Gasteiger partial charge in [0.2, 0.25) is 0 Å². The molecule has 0 amide bonds. The summed E-state index contributed by atoms with van der Waals surface area (Å²) in [6.07, 6.45) is 8.71. The molecule has 0 saturated carbocycles. The topological polar surface area (TPSA) is 29.0 Å². The molecule has 1 aliphatic carbocycles. The van der Waals surface area contributed by atoms with Crippen LogP contribution in [0.25, 0.3) is 11.1 Å². The largest absolute Gasteiger partial charge is 0.308 e. The van der Waals surface area contributed by atoms with E-state index < -0.39 is 0 Å². The van der Waals surface area contributed by atoms with Crippen LogP contribution in [0.2, 0.25) is 0 Å². The molecule has 28 heavy (non-hydrogen) atoms. The van der Waals surface area contributed by atoms with Crippen molar-refractivity contribution < 1.29 is 0 Å². The molecule has 3 nitrogen and oxygen atoms in total. The Morgan fingerprint density at radius 3 is 2.68 bits per heavy atom. The highest BCUT2D eigenvalue weighted by Gasteiger charge is 2.35. The quantitative estimate of drug-likeness (QED) is 0.367. The third kappa shape index (κ3) is 1.74.